The topological polar surface area (TPSA) is 0 Å². The van der Waals surface area contributed by atoms with Crippen molar-refractivity contribution < 1.29 is 8.78 Å². The molecule has 0 unspecified atom stereocenters. The molecule has 1 rings (SSSR count). The summed E-state index contributed by atoms with van der Waals surface area (Å²) in [5.41, 5.74) is -0.119. The van der Waals surface area contributed by atoms with Gasteiger partial charge in [-0.05, 0) is 37.9 Å². The van der Waals surface area contributed by atoms with Crippen molar-refractivity contribution in [1.82, 2.24) is 0 Å². The van der Waals surface area contributed by atoms with Gasteiger partial charge in [-0.25, -0.2) is 8.78 Å². The molecule has 0 amide bonds. The maximum absolute atomic E-state index is 13.1. The van der Waals surface area contributed by atoms with Gasteiger partial charge in [0.2, 0.25) is 0 Å². The zero-order chi connectivity index (χ0) is 9.30. The Morgan fingerprint density at radius 2 is 1.92 bits per heavy atom. The quantitative estimate of drug-likeness (QED) is 0.413. The highest BCUT2D eigenvalue weighted by Crippen LogP contribution is 2.30. The SMILES string of the molecule is Fc1cc(Br)c(Br)c(F)c1CCl. The Kier molecular flexibility index (Phi) is 3.49. The molecule has 0 aliphatic carbocycles. The van der Waals surface area contributed by atoms with Gasteiger partial charge in [0.25, 0.3) is 0 Å². The monoisotopic (exact) mass is 318 g/mol. The van der Waals surface area contributed by atoms with Crippen molar-refractivity contribution in [2.45, 2.75) is 5.88 Å². The number of rotatable bonds is 1. The van der Waals surface area contributed by atoms with E-state index in [-0.39, 0.29) is 15.9 Å². The van der Waals surface area contributed by atoms with Crippen molar-refractivity contribution in [3.63, 3.8) is 0 Å². The highest BCUT2D eigenvalue weighted by Gasteiger charge is 2.14. The fourth-order valence-electron chi connectivity index (χ4n) is 0.726. The minimum Gasteiger partial charge on any atom is -0.207 e. The molecule has 1 aromatic carbocycles. The van der Waals surface area contributed by atoms with E-state index in [9.17, 15) is 8.78 Å². The minimum atomic E-state index is -0.656. The Labute approximate surface area is 90.2 Å². The molecule has 0 heterocycles. The normalized spacial score (nSPS) is 10.4. The smallest absolute Gasteiger partial charge is 0.145 e. The molecule has 12 heavy (non-hydrogen) atoms. The van der Waals surface area contributed by atoms with Crippen molar-refractivity contribution in [1.29, 1.82) is 0 Å². The van der Waals surface area contributed by atoms with Crippen molar-refractivity contribution in [2.24, 2.45) is 0 Å². The van der Waals surface area contributed by atoms with Crippen LogP contribution in [0.2, 0.25) is 0 Å². The van der Waals surface area contributed by atoms with Crippen molar-refractivity contribution >= 4 is 43.5 Å². The average molecular weight is 320 g/mol. The summed E-state index contributed by atoms with van der Waals surface area (Å²) in [6.07, 6.45) is 0. The second kappa shape index (κ2) is 4.03. The zero-order valence-electron chi connectivity index (χ0n) is 5.67. The molecule has 0 aliphatic rings. The molecule has 66 valence electrons. The van der Waals surface area contributed by atoms with Crippen molar-refractivity contribution in [3.05, 3.63) is 32.2 Å². The summed E-state index contributed by atoms with van der Waals surface area (Å²) in [5.74, 6) is -1.47. The van der Waals surface area contributed by atoms with Crippen LogP contribution in [0.5, 0.6) is 0 Å². The molecule has 0 N–H and O–H groups in total. The molecular weight excluding hydrogens is 317 g/mol. The number of halogens is 5. The van der Waals surface area contributed by atoms with E-state index in [1.165, 1.54) is 6.07 Å². The van der Waals surface area contributed by atoms with Crippen LogP contribution in [0.4, 0.5) is 8.78 Å². The summed E-state index contributed by atoms with van der Waals surface area (Å²) in [6, 6.07) is 1.17. The van der Waals surface area contributed by atoms with Crippen LogP contribution in [0.3, 0.4) is 0 Å². The molecule has 0 saturated heterocycles. The molecule has 0 nitrogen and oxygen atoms in total. The van der Waals surface area contributed by atoms with E-state index in [4.69, 9.17) is 11.6 Å². The van der Waals surface area contributed by atoms with E-state index in [1.807, 2.05) is 0 Å². The lowest BCUT2D eigenvalue weighted by Crippen LogP contribution is -1.94. The first-order valence-electron chi connectivity index (χ1n) is 2.95. The van der Waals surface area contributed by atoms with Crippen molar-refractivity contribution in [3.8, 4) is 0 Å². The summed E-state index contributed by atoms with van der Waals surface area (Å²) < 4.78 is 26.6. The molecular formula is C7H3Br2ClF2. The molecule has 0 radical (unpaired) electrons. The van der Waals surface area contributed by atoms with Crippen LogP contribution in [-0.4, -0.2) is 0 Å². The van der Waals surface area contributed by atoms with E-state index < -0.39 is 11.6 Å². The molecule has 0 atom stereocenters. The number of benzene rings is 1. The van der Waals surface area contributed by atoms with Gasteiger partial charge in [0.15, 0.2) is 0 Å². The number of hydrogen-bond acceptors (Lipinski definition) is 0. The van der Waals surface area contributed by atoms with Crippen molar-refractivity contribution in [2.75, 3.05) is 0 Å². The summed E-state index contributed by atoms with van der Waals surface area (Å²) in [7, 11) is 0. The number of alkyl halides is 1. The Morgan fingerprint density at radius 3 is 2.42 bits per heavy atom. The third kappa shape index (κ3) is 1.80. The first-order valence-corrected chi connectivity index (χ1v) is 5.07. The Morgan fingerprint density at radius 1 is 1.33 bits per heavy atom. The van der Waals surface area contributed by atoms with Gasteiger partial charge in [-0.3, -0.25) is 0 Å². The van der Waals surface area contributed by atoms with Crippen LogP contribution in [0.15, 0.2) is 15.0 Å². The zero-order valence-corrected chi connectivity index (χ0v) is 9.60. The van der Waals surface area contributed by atoms with Gasteiger partial charge < -0.3 is 0 Å². The Bertz CT molecular complexity index is 315. The van der Waals surface area contributed by atoms with E-state index >= 15 is 0 Å². The summed E-state index contributed by atoms with van der Waals surface area (Å²) in [5, 5.41) is 0. The predicted molar refractivity (Wildman–Crippen MR) is 51.3 cm³/mol. The standard InChI is InChI=1S/C7H3Br2ClF2/c8-4-1-5(11)3(2-10)7(12)6(4)9/h1H,2H2. The van der Waals surface area contributed by atoms with Gasteiger partial charge in [-0.2, -0.15) is 0 Å². The molecule has 1 aromatic rings. The van der Waals surface area contributed by atoms with Crippen LogP contribution in [0.1, 0.15) is 5.56 Å². The van der Waals surface area contributed by atoms with E-state index in [0.717, 1.165) is 0 Å². The van der Waals surface area contributed by atoms with Gasteiger partial charge in [0.05, 0.1) is 10.4 Å². The summed E-state index contributed by atoms with van der Waals surface area (Å²) >= 11 is 11.3. The van der Waals surface area contributed by atoms with Gasteiger partial charge in [-0.15, -0.1) is 11.6 Å². The highest BCUT2D eigenvalue weighted by molar-refractivity contribution is 9.13. The van der Waals surface area contributed by atoms with Crippen LogP contribution < -0.4 is 0 Å². The Balaban J connectivity index is 3.40. The second-order valence-electron chi connectivity index (χ2n) is 2.08. The maximum atomic E-state index is 13.1. The fourth-order valence-corrected chi connectivity index (χ4v) is 1.70. The summed E-state index contributed by atoms with van der Waals surface area (Å²) in [6.45, 7) is 0. The fraction of sp³-hybridized carbons (Fsp3) is 0.143. The Hall–Kier alpha value is 0.330. The first kappa shape index (κ1) is 10.4. The van der Waals surface area contributed by atoms with Gasteiger partial charge in [0, 0.05) is 10.0 Å². The average Bonchev–Trinajstić information content (AvgIpc) is 2.01. The molecule has 0 aromatic heterocycles. The van der Waals surface area contributed by atoms with Crippen LogP contribution in [-0.2, 0) is 5.88 Å². The number of hydrogen-bond donors (Lipinski definition) is 0. The first-order chi connectivity index (χ1) is 5.57. The van der Waals surface area contributed by atoms with Gasteiger partial charge in [0.1, 0.15) is 11.6 Å². The lowest BCUT2D eigenvalue weighted by molar-refractivity contribution is 0.560. The second-order valence-corrected chi connectivity index (χ2v) is 3.99. The summed E-state index contributed by atoms with van der Waals surface area (Å²) in [4.78, 5) is 0. The van der Waals surface area contributed by atoms with E-state index in [1.54, 1.807) is 0 Å². The van der Waals surface area contributed by atoms with E-state index in [0.29, 0.717) is 4.47 Å². The third-order valence-electron chi connectivity index (χ3n) is 1.34. The molecule has 0 bridgehead atoms. The predicted octanol–water partition coefficient (Wildman–Crippen LogP) is 4.23. The third-order valence-corrected chi connectivity index (χ3v) is 3.54. The molecule has 0 aliphatic heterocycles. The van der Waals surface area contributed by atoms with Crippen LogP contribution in [0.25, 0.3) is 0 Å². The van der Waals surface area contributed by atoms with E-state index in [2.05, 4.69) is 31.9 Å². The van der Waals surface area contributed by atoms with Gasteiger partial charge in [-0.1, -0.05) is 0 Å². The largest absolute Gasteiger partial charge is 0.207 e. The molecule has 0 spiro atoms. The molecule has 5 heteroatoms. The van der Waals surface area contributed by atoms with Gasteiger partial charge >= 0.3 is 0 Å². The maximum Gasteiger partial charge on any atom is 0.145 e. The lowest BCUT2D eigenvalue weighted by atomic mass is 10.2. The molecule has 0 saturated carbocycles. The van der Waals surface area contributed by atoms with Crippen LogP contribution >= 0.6 is 43.5 Å². The molecule has 0 fully saturated rings. The minimum absolute atomic E-state index is 0.119. The highest BCUT2D eigenvalue weighted by atomic mass is 79.9. The van der Waals surface area contributed by atoms with Crippen LogP contribution in [0, 0.1) is 11.6 Å². The lowest BCUT2D eigenvalue weighted by Gasteiger charge is -2.04.